The van der Waals surface area contributed by atoms with E-state index in [1.807, 2.05) is 24.3 Å². The molecule has 0 aliphatic carbocycles. The van der Waals surface area contributed by atoms with Crippen molar-refractivity contribution in [2.45, 2.75) is 10.6 Å². The third-order valence-corrected chi connectivity index (χ3v) is 5.33. The lowest BCUT2D eigenvalue weighted by atomic mass is 10.1. The summed E-state index contributed by atoms with van der Waals surface area (Å²) in [4.78, 5) is 12.7. The summed E-state index contributed by atoms with van der Waals surface area (Å²) in [7, 11) is 0. The van der Waals surface area contributed by atoms with Gasteiger partial charge < -0.3 is 5.11 Å². The smallest absolute Gasteiger partial charge is 0.346 e. The van der Waals surface area contributed by atoms with Crippen LogP contribution in [-0.2, 0) is 5.75 Å². The van der Waals surface area contributed by atoms with Gasteiger partial charge in [0, 0.05) is 15.3 Å². The Morgan fingerprint density at radius 2 is 1.86 bits per heavy atom. The fourth-order valence-electron chi connectivity index (χ4n) is 2.10. The van der Waals surface area contributed by atoms with E-state index in [2.05, 4.69) is 0 Å². The molecule has 0 saturated carbocycles. The van der Waals surface area contributed by atoms with Gasteiger partial charge in [0.05, 0.1) is 0 Å². The van der Waals surface area contributed by atoms with Crippen molar-refractivity contribution in [2.24, 2.45) is 0 Å². The van der Waals surface area contributed by atoms with E-state index in [1.54, 1.807) is 12.1 Å². The number of thioether (sulfide) groups is 1. The first-order valence-corrected chi connectivity index (χ1v) is 8.07. The van der Waals surface area contributed by atoms with E-state index < -0.39 is 5.97 Å². The van der Waals surface area contributed by atoms with Crippen LogP contribution in [0.4, 0.5) is 4.39 Å². The van der Waals surface area contributed by atoms with Gasteiger partial charge in [-0.05, 0) is 41.3 Å². The Kier molecular flexibility index (Phi) is 3.94. The van der Waals surface area contributed by atoms with E-state index in [4.69, 9.17) is 0 Å². The zero-order chi connectivity index (χ0) is 14.8. The minimum atomic E-state index is -0.897. The zero-order valence-corrected chi connectivity index (χ0v) is 12.5. The molecule has 0 aliphatic rings. The molecule has 0 saturated heterocycles. The Balaban J connectivity index is 1.93. The summed E-state index contributed by atoms with van der Waals surface area (Å²) in [5.41, 5.74) is 0.831. The fraction of sp³-hybridized carbons (Fsp3) is 0.0625. The molecular formula is C16H11FO2S2. The molecule has 0 spiro atoms. The number of carboxylic acids is 1. The molecule has 0 radical (unpaired) electrons. The number of halogens is 1. The highest BCUT2D eigenvalue weighted by Crippen LogP contribution is 2.35. The predicted octanol–water partition coefficient (Wildman–Crippen LogP) is 5.03. The number of rotatable bonds is 4. The lowest BCUT2D eigenvalue weighted by Crippen LogP contribution is -1.96. The highest BCUT2D eigenvalue weighted by molar-refractivity contribution is 7.98. The number of fused-ring (bicyclic) bond motifs is 1. The van der Waals surface area contributed by atoms with E-state index in [9.17, 15) is 14.3 Å². The van der Waals surface area contributed by atoms with Crippen LogP contribution in [0.2, 0.25) is 0 Å². The third kappa shape index (κ3) is 2.94. The summed E-state index contributed by atoms with van der Waals surface area (Å²) in [5.74, 6) is -0.616. The topological polar surface area (TPSA) is 37.3 Å². The normalized spacial score (nSPS) is 10.9. The van der Waals surface area contributed by atoms with Crippen molar-refractivity contribution >= 4 is 39.2 Å². The monoisotopic (exact) mass is 318 g/mol. The molecule has 2 nitrogen and oxygen atoms in total. The van der Waals surface area contributed by atoms with Crippen LogP contribution in [0.5, 0.6) is 0 Å². The Morgan fingerprint density at radius 3 is 2.57 bits per heavy atom. The van der Waals surface area contributed by atoms with Crippen LogP contribution in [0.3, 0.4) is 0 Å². The van der Waals surface area contributed by atoms with Crippen molar-refractivity contribution < 1.29 is 14.3 Å². The first-order chi connectivity index (χ1) is 10.1. The summed E-state index contributed by atoms with van der Waals surface area (Å²) in [6.45, 7) is 0. The summed E-state index contributed by atoms with van der Waals surface area (Å²) < 4.78 is 13.9. The molecule has 3 rings (SSSR count). The SMILES string of the molecule is O=C(O)c1sc2ccccc2c1CSc1ccc(F)cc1. The van der Waals surface area contributed by atoms with Crippen LogP contribution >= 0.6 is 23.1 Å². The van der Waals surface area contributed by atoms with Gasteiger partial charge in [-0.3, -0.25) is 0 Å². The molecule has 21 heavy (non-hydrogen) atoms. The van der Waals surface area contributed by atoms with Crippen molar-refractivity contribution in [1.82, 2.24) is 0 Å². The molecular weight excluding hydrogens is 307 g/mol. The Labute approximate surface area is 129 Å². The lowest BCUT2D eigenvalue weighted by Gasteiger charge is -2.03. The third-order valence-electron chi connectivity index (χ3n) is 3.09. The number of benzene rings is 2. The molecule has 2 aromatic carbocycles. The molecule has 106 valence electrons. The van der Waals surface area contributed by atoms with Crippen molar-refractivity contribution in [3.05, 3.63) is 64.8 Å². The fourth-order valence-corrected chi connectivity index (χ4v) is 4.19. The van der Waals surface area contributed by atoms with Gasteiger partial charge >= 0.3 is 5.97 Å². The van der Waals surface area contributed by atoms with Gasteiger partial charge in [0.15, 0.2) is 0 Å². The van der Waals surface area contributed by atoms with E-state index in [0.29, 0.717) is 10.6 Å². The van der Waals surface area contributed by atoms with Crippen LogP contribution in [0.25, 0.3) is 10.1 Å². The van der Waals surface area contributed by atoms with Crippen LogP contribution in [0.1, 0.15) is 15.2 Å². The van der Waals surface area contributed by atoms with E-state index >= 15 is 0 Å². The maximum Gasteiger partial charge on any atom is 0.346 e. The molecule has 5 heteroatoms. The number of hydrogen-bond acceptors (Lipinski definition) is 3. The van der Waals surface area contributed by atoms with Crippen molar-refractivity contribution in [3.63, 3.8) is 0 Å². The Morgan fingerprint density at radius 1 is 1.14 bits per heavy atom. The Bertz CT molecular complexity index is 794. The summed E-state index contributed by atoms with van der Waals surface area (Å²) in [6, 6.07) is 13.9. The van der Waals surface area contributed by atoms with Crippen LogP contribution in [0.15, 0.2) is 53.4 Å². The van der Waals surface area contributed by atoms with Crippen LogP contribution in [-0.4, -0.2) is 11.1 Å². The maximum absolute atomic E-state index is 12.9. The molecule has 0 bridgehead atoms. The second-order valence-corrected chi connectivity index (χ2v) is 6.55. The lowest BCUT2D eigenvalue weighted by molar-refractivity contribution is 0.0701. The summed E-state index contributed by atoms with van der Waals surface area (Å²) in [6.07, 6.45) is 0. The molecule has 3 aromatic rings. The zero-order valence-electron chi connectivity index (χ0n) is 10.9. The molecule has 1 N–H and O–H groups in total. The van der Waals surface area contributed by atoms with Gasteiger partial charge in [-0.15, -0.1) is 23.1 Å². The van der Waals surface area contributed by atoms with Crippen LogP contribution in [0, 0.1) is 5.82 Å². The average Bonchev–Trinajstić information content (AvgIpc) is 2.86. The van der Waals surface area contributed by atoms with Gasteiger partial charge in [0.25, 0.3) is 0 Å². The van der Waals surface area contributed by atoms with Gasteiger partial charge in [0.2, 0.25) is 0 Å². The summed E-state index contributed by atoms with van der Waals surface area (Å²) in [5, 5.41) is 10.3. The minimum Gasteiger partial charge on any atom is -0.477 e. The quantitative estimate of drug-likeness (QED) is 0.685. The van der Waals surface area contributed by atoms with Gasteiger partial charge in [0.1, 0.15) is 10.7 Å². The number of carboxylic acid groups (broad SMARTS) is 1. The van der Waals surface area contributed by atoms with Crippen molar-refractivity contribution in [3.8, 4) is 0 Å². The van der Waals surface area contributed by atoms with Crippen molar-refractivity contribution in [2.75, 3.05) is 0 Å². The highest BCUT2D eigenvalue weighted by Gasteiger charge is 2.17. The average molecular weight is 318 g/mol. The van der Waals surface area contributed by atoms with Crippen molar-refractivity contribution in [1.29, 1.82) is 0 Å². The second kappa shape index (κ2) is 5.87. The molecule has 0 unspecified atom stereocenters. The molecule has 0 fully saturated rings. The van der Waals surface area contributed by atoms with Gasteiger partial charge in [-0.25, -0.2) is 9.18 Å². The first kappa shape index (κ1) is 14.1. The standard InChI is InChI=1S/C16H11FO2S2/c17-10-5-7-11(8-6-10)20-9-13-12-3-1-2-4-14(12)21-15(13)16(18)19/h1-8H,9H2,(H,18,19). The summed E-state index contributed by atoms with van der Waals surface area (Å²) >= 11 is 2.81. The molecule has 1 heterocycles. The second-order valence-electron chi connectivity index (χ2n) is 4.45. The van der Waals surface area contributed by atoms with E-state index in [1.165, 1.54) is 35.2 Å². The molecule has 1 aromatic heterocycles. The predicted molar refractivity (Wildman–Crippen MR) is 84.7 cm³/mol. The van der Waals surface area contributed by atoms with E-state index in [-0.39, 0.29) is 5.82 Å². The van der Waals surface area contributed by atoms with Crippen LogP contribution < -0.4 is 0 Å². The van der Waals surface area contributed by atoms with E-state index in [0.717, 1.165) is 20.5 Å². The highest BCUT2D eigenvalue weighted by atomic mass is 32.2. The number of hydrogen-bond donors (Lipinski definition) is 1. The number of aromatic carboxylic acids is 1. The Hall–Kier alpha value is -1.85. The minimum absolute atomic E-state index is 0.272. The van der Waals surface area contributed by atoms with Gasteiger partial charge in [-0.2, -0.15) is 0 Å². The largest absolute Gasteiger partial charge is 0.477 e. The van der Waals surface area contributed by atoms with Gasteiger partial charge in [-0.1, -0.05) is 18.2 Å². The number of thiophene rings is 1. The first-order valence-electron chi connectivity index (χ1n) is 6.27. The molecule has 0 amide bonds. The molecule has 0 aliphatic heterocycles. The molecule has 0 atom stereocenters. The number of carbonyl (C=O) groups is 1. The maximum atomic E-state index is 12.9.